The first-order valence-electron chi connectivity index (χ1n) is 5.48. The highest BCUT2D eigenvalue weighted by Crippen LogP contribution is 2.02. The number of hydrogen-bond donors (Lipinski definition) is 3. The number of carboxylic acid groups (broad SMARTS) is 1. The van der Waals surface area contributed by atoms with Crippen LogP contribution in [0, 0.1) is 5.92 Å². The second kappa shape index (κ2) is 6.03. The van der Waals surface area contributed by atoms with Crippen LogP contribution in [0.1, 0.15) is 26.0 Å². The third-order valence-electron chi connectivity index (χ3n) is 2.21. The molecule has 0 radical (unpaired) electrons. The van der Waals surface area contributed by atoms with Crippen molar-refractivity contribution in [1.29, 1.82) is 0 Å². The normalized spacial score (nSPS) is 12.4. The predicted molar refractivity (Wildman–Crippen MR) is 61.3 cm³/mol. The van der Waals surface area contributed by atoms with Gasteiger partial charge in [0.1, 0.15) is 6.04 Å². The molecule has 6 heteroatoms. The smallest absolute Gasteiger partial charge is 0.326 e. The van der Waals surface area contributed by atoms with Crippen LogP contribution in [0.4, 0.5) is 0 Å². The predicted octanol–water partition coefficient (Wildman–Crippen LogP) is 0.568. The molecule has 17 heavy (non-hydrogen) atoms. The van der Waals surface area contributed by atoms with Crippen molar-refractivity contribution in [3.63, 3.8) is 0 Å². The van der Waals surface area contributed by atoms with Gasteiger partial charge >= 0.3 is 5.97 Å². The number of aromatic amines is 1. The molecule has 1 heterocycles. The molecular formula is C11H17N3O3. The molecule has 1 atom stereocenters. The van der Waals surface area contributed by atoms with E-state index in [1.807, 2.05) is 13.8 Å². The van der Waals surface area contributed by atoms with Crippen LogP contribution in [0.15, 0.2) is 12.5 Å². The topological polar surface area (TPSA) is 95.1 Å². The molecule has 0 aliphatic rings. The SMILES string of the molecule is CC(C)CC(=O)N[C@H](Cc1cnc[nH]1)C(=O)O. The number of nitrogens with one attached hydrogen (secondary N) is 2. The highest BCUT2D eigenvalue weighted by Gasteiger charge is 2.21. The molecule has 0 fully saturated rings. The van der Waals surface area contributed by atoms with Gasteiger partial charge in [-0.3, -0.25) is 4.79 Å². The number of carbonyl (C=O) groups excluding carboxylic acids is 1. The van der Waals surface area contributed by atoms with Crippen LogP contribution in [0.3, 0.4) is 0 Å². The van der Waals surface area contributed by atoms with Gasteiger partial charge in [0.2, 0.25) is 5.91 Å². The summed E-state index contributed by atoms with van der Waals surface area (Å²) >= 11 is 0. The number of nitrogens with zero attached hydrogens (tertiary/aromatic N) is 1. The van der Waals surface area contributed by atoms with Crippen molar-refractivity contribution in [1.82, 2.24) is 15.3 Å². The minimum absolute atomic E-state index is 0.205. The molecular weight excluding hydrogens is 222 g/mol. The fraction of sp³-hybridized carbons (Fsp3) is 0.545. The van der Waals surface area contributed by atoms with Gasteiger partial charge in [0.15, 0.2) is 0 Å². The zero-order valence-electron chi connectivity index (χ0n) is 9.93. The number of imidazole rings is 1. The van der Waals surface area contributed by atoms with E-state index in [0.29, 0.717) is 12.1 Å². The van der Waals surface area contributed by atoms with E-state index in [-0.39, 0.29) is 18.2 Å². The Morgan fingerprint density at radius 3 is 2.71 bits per heavy atom. The molecule has 0 unspecified atom stereocenters. The number of carboxylic acids is 1. The van der Waals surface area contributed by atoms with Crippen molar-refractivity contribution < 1.29 is 14.7 Å². The van der Waals surface area contributed by atoms with Crippen LogP contribution >= 0.6 is 0 Å². The average molecular weight is 239 g/mol. The summed E-state index contributed by atoms with van der Waals surface area (Å²) in [6, 6.07) is -0.915. The molecule has 0 spiro atoms. The molecule has 6 nitrogen and oxygen atoms in total. The number of aliphatic carboxylic acids is 1. The van der Waals surface area contributed by atoms with Crippen LogP contribution in [0.25, 0.3) is 0 Å². The van der Waals surface area contributed by atoms with Gasteiger partial charge in [-0.15, -0.1) is 0 Å². The van der Waals surface area contributed by atoms with Crippen LogP contribution in [0.5, 0.6) is 0 Å². The molecule has 0 bridgehead atoms. The molecule has 1 aromatic heterocycles. The Hall–Kier alpha value is -1.85. The lowest BCUT2D eigenvalue weighted by molar-refractivity contribution is -0.141. The van der Waals surface area contributed by atoms with E-state index < -0.39 is 12.0 Å². The number of H-pyrrole nitrogens is 1. The van der Waals surface area contributed by atoms with Gasteiger partial charge in [0, 0.05) is 24.7 Å². The third kappa shape index (κ3) is 4.67. The Bertz CT molecular complexity index is 373. The van der Waals surface area contributed by atoms with E-state index >= 15 is 0 Å². The highest BCUT2D eigenvalue weighted by molar-refractivity contribution is 5.83. The molecule has 1 amide bonds. The van der Waals surface area contributed by atoms with E-state index in [2.05, 4.69) is 15.3 Å². The Morgan fingerprint density at radius 2 is 2.24 bits per heavy atom. The lowest BCUT2D eigenvalue weighted by Gasteiger charge is -2.14. The molecule has 0 saturated heterocycles. The van der Waals surface area contributed by atoms with Crippen LogP contribution < -0.4 is 5.32 Å². The number of aromatic nitrogens is 2. The monoisotopic (exact) mass is 239 g/mol. The molecule has 3 N–H and O–H groups in total. The van der Waals surface area contributed by atoms with Gasteiger partial charge < -0.3 is 15.4 Å². The van der Waals surface area contributed by atoms with Crippen LogP contribution in [-0.4, -0.2) is 33.0 Å². The summed E-state index contributed by atoms with van der Waals surface area (Å²) in [6.07, 6.45) is 3.56. The average Bonchev–Trinajstić information content (AvgIpc) is 2.67. The van der Waals surface area contributed by atoms with E-state index in [4.69, 9.17) is 5.11 Å². The van der Waals surface area contributed by atoms with Gasteiger partial charge in [-0.25, -0.2) is 9.78 Å². The summed E-state index contributed by atoms with van der Waals surface area (Å²) in [5, 5.41) is 11.5. The van der Waals surface area contributed by atoms with Gasteiger partial charge in [0.25, 0.3) is 0 Å². The van der Waals surface area contributed by atoms with Crippen molar-refractivity contribution >= 4 is 11.9 Å². The molecule has 0 aliphatic carbocycles. The summed E-state index contributed by atoms with van der Waals surface area (Å²) in [5.74, 6) is -1.08. The van der Waals surface area contributed by atoms with E-state index in [1.54, 1.807) is 6.20 Å². The van der Waals surface area contributed by atoms with Gasteiger partial charge in [-0.2, -0.15) is 0 Å². The number of rotatable bonds is 6. The second-order valence-electron chi connectivity index (χ2n) is 4.34. The lowest BCUT2D eigenvalue weighted by Crippen LogP contribution is -2.42. The first-order chi connectivity index (χ1) is 7.99. The summed E-state index contributed by atoms with van der Waals surface area (Å²) in [6.45, 7) is 3.81. The van der Waals surface area contributed by atoms with E-state index in [1.165, 1.54) is 6.33 Å². The second-order valence-corrected chi connectivity index (χ2v) is 4.34. The Morgan fingerprint density at radius 1 is 1.53 bits per heavy atom. The minimum atomic E-state index is -1.04. The third-order valence-corrected chi connectivity index (χ3v) is 2.21. The van der Waals surface area contributed by atoms with Gasteiger partial charge in [-0.1, -0.05) is 13.8 Å². The van der Waals surface area contributed by atoms with Crippen LogP contribution in [0.2, 0.25) is 0 Å². The summed E-state index contributed by atoms with van der Waals surface area (Å²) in [4.78, 5) is 29.1. The Balaban J connectivity index is 2.55. The Kier molecular flexibility index (Phi) is 4.68. The maximum atomic E-state index is 11.5. The molecule has 0 aliphatic heterocycles. The number of hydrogen-bond acceptors (Lipinski definition) is 3. The molecule has 94 valence electrons. The molecule has 1 rings (SSSR count). The first-order valence-corrected chi connectivity index (χ1v) is 5.48. The maximum absolute atomic E-state index is 11.5. The standard InChI is InChI=1S/C11H17N3O3/c1-7(2)3-10(15)14-9(11(16)17)4-8-5-12-6-13-8/h5-7,9H,3-4H2,1-2H3,(H,12,13)(H,14,15)(H,16,17)/t9-/m1/s1. The van der Waals surface area contributed by atoms with E-state index in [9.17, 15) is 9.59 Å². The van der Waals surface area contributed by atoms with Crippen molar-refractivity contribution in [2.75, 3.05) is 0 Å². The van der Waals surface area contributed by atoms with Crippen molar-refractivity contribution in [2.45, 2.75) is 32.7 Å². The van der Waals surface area contributed by atoms with Crippen LogP contribution in [-0.2, 0) is 16.0 Å². The number of amides is 1. The minimum Gasteiger partial charge on any atom is -0.480 e. The summed E-state index contributed by atoms with van der Waals surface area (Å²) in [5.41, 5.74) is 0.683. The highest BCUT2D eigenvalue weighted by atomic mass is 16.4. The molecule has 0 saturated carbocycles. The summed E-state index contributed by atoms with van der Waals surface area (Å²) in [7, 11) is 0. The molecule has 1 aromatic rings. The summed E-state index contributed by atoms with van der Waals surface area (Å²) < 4.78 is 0. The van der Waals surface area contributed by atoms with Gasteiger partial charge in [-0.05, 0) is 5.92 Å². The zero-order chi connectivity index (χ0) is 12.8. The van der Waals surface area contributed by atoms with E-state index in [0.717, 1.165) is 0 Å². The van der Waals surface area contributed by atoms with Crippen molar-refractivity contribution in [3.8, 4) is 0 Å². The van der Waals surface area contributed by atoms with Crippen molar-refractivity contribution in [3.05, 3.63) is 18.2 Å². The Labute approximate surface area is 99.4 Å². The zero-order valence-corrected chi connectivity index (χ0v) is 9.93. The fourth-order valence-electron chi connectivity index (χ4n) is 1.44. The molecule has 0 aromatic carbocycles. The first kappa shape index (κ1) is 13.2. The van der Waals surface area contributed by atoms with Gasteiger partial charge in [0.05, 0.1) is 6.33 Å². The quantitative estimate of drug-likeness (QED) is 0.676. The largest absolute Gasteiger partial charge is 0.480 e. The maximum Gasteiger partial charge on any atom is 0.326 e. The lowest BCUT2D eigenvalue weighted by atomic mass is 10.1. The fourth-order valence-corrected chi connectivity index (χ4v) is 1.44. The van der Waals surface area contributed by atoms with Crippen molar-refractivity contribution in [2.24, 2.45) is 5.92 Å². The number of carbonyl (C=O) groups is 2.